The van der Waals surface area contributed by atoms with Crippen LogP contribution in [0.1, 0.15) is 5.56 Å². The van der Waals surface area contributed by atoms with Crippen molar-refractivity contribution in [2.75, 3.05) is 27.1 Å². The van der Waals surface area contributed by atoms with Gasteiger partial charge >= 0.3 is 0 Å². The molecule has 0 atom stereocenters. The van der Waals surface area contributed by atoms with Crippen molar-refractivity contribution in [3.8, 4) is 23.0 Å². The summed E-state index contributed by atoms with van der Waals surface area (Å²) in [5, 5.41) is 0. The maximum absolute atomic E-state index is 5.79. The van der Waals surface area contributed by atoms with Crippen molar-refractivity contribution < 1.29 is 18.9 Å². The standard InChI is InChI=1S/C16H19NO4/c1-18-13-7-14(19-2)9-15(8-13)21-10-11-6-12(17)4-5-16(11)20-3/h4-9H,10,17H2,1-3H3. The van der Waals surface area contributed by atoms with Gasteiger partial charge in [-0.25, -0.2) is 0 Å². The lowest BCUT2D eigenvalue weighted by Gasteiger charge is -2.12. The summed E-state index contributed by atoms with van der Waals surface area (Å²) >= 11 is 0. The fourth-order valence-corrected chi connectivity index (χ4v) is 1.94. The van der Waals surface area contributed by atoms with Gasteiger partial charge in [0.1, 0.15) is 29.6 Å². The topological polar surface area (TPSA) is 62.9 Å². The lowest BCUT2D eigenvalue weighted by atomic mass is 10.2. The number of methoxy groups -OCH3 is 3. The summed E-state index contributed by atoms with van der Waals surface area (Å²) < 4.78 is 21.5. The summed E-state index contributed by atoms with van der Waals surface area (Å²) in [6.45, 7) is 0.338. The highest BCUT2D eigenvalue weighted by molar-refractivity contribution is 5.48. The Bertz CT molecular complexity index is 591. The molecule has 112 valence electrons. The Hall–Kier alpha value is -2.56. The Balaban J connectivity index is 2.18. The molecule has 5 heteroatoms. The van der Waals surface area contributed by atoms with Crippen molar-refractivity contribution in [1.82, 2.24) is 0 Å². The van der Waals surface area contributed by atoms with Crippen molar-refractivity contribution in [2.24, 2.45) is 0 Å². The fourth-order valence-electron chi connectivity index (χ4n) is 1.94. The Morgan fingerprint density at radius 2 is 1.43 bits per heavy atom. The van der Waals surface area contributed by atoms with Crippen LogP contribution in [0.4, 0.5) is 5.69 Å². The molecule has 2 rings (SSSR count). The van der Waals surface area contributed by atoms with E-state index in [1.165, 1.54) is 0 Å². The van der Waals surface area contributed by atoms with E-state index in [1.807, 2.05) is 12.1 Å². The average Bonchev–Trinajstić information content (AvgIpc) is 2.52. The maximum Gasteiger partial charge on any atom is 0.127 e. The Morgan fingerprint density at radius 3 is 2.00 bits per heavy atom. The van der Waals surface area contributed by atoms with E-state index in [4.69, 9.17) is 24.7 Å². The van der Waals surface area contributed by atoms with E-state index in [0.29, 0.717) is 29.5 Å². The van der Waals surface area contributed by atoms with Gasteiger partial charge in [0.05, 0.1) is 21.3 Å². The maximum atomic E-state index is 5.79. The third kappa shape index (κ3) is 3.72. The lowest BCUT2D eigenvalue weighted by Crippen LogP contribution is -2.00. The Kier molecular flexibility index (Phi) is 4.77. The molecule has 0 spiro atoms. The smallest absolute Gasteiger partial charge is 0.127 e. The highest BCUT2D eigenvalue weighted by Crippen LogP contribution is 2.29. The van der Waals surface area contributed by atoms with Gasteiger partial charge in [0.2, 0.25) is 0 Å². The SMILES string of the molecule is COc1cc(OC)cc(OCc2cc(N)ccc2OC)c1. The Morgan fingerprint density at radius 1 is 0.810 bits per heavy atom. The van der Waals surface area contributed by atoms with E-state index in [2.05, 4.69) is 0 Å². The van der Waals surface area contributed by atoms with Gasteiger partial charge in [-0.15, -0.1) is 0 Å². The molecule has 0 aromatic heterocycles. The predicted molar refractivity (Wildman–Crippen MR) is 81.3 cm³/mol. The molecule has 0 bridgehead atoms. The van der Waals surface area contributed by atoms with Crippen LogP contribution in [0.25, 0.3) is 0 Å². The molecule has 0 amide bonds. The number of hydrogen-bond acceptors (Lipinski definition) is 5. The molecule has 2 aromatic rings. The van der Waals surface area contributed by atoms with Gasteiger partial charge < -0.3 is 24.7 Å². The fraction of sp³-hybridized carbons (Fsp3) is 0.250. The van der Waals surface area contributed by atoms with E-state index in [9.17, 15) is 0 Å². The van der Waals surface area contributed by atoms with Crippen molar-refractivity contribution in [3.05, 3.63) is 42.0 Å². The first-order valence-corrected chi connectivity index (χ1v) is 6.44. The third-order valence-corrected chi connectivity index (χ3v) is 3.02. The number of nitrogen functional groups attached to an aromatic ring is 1. The Labute approximate surface area is 124 Å². The van der Waals surface area contributed by atoms with Crippen molar-refractivity contribution in [3.63, 3.8) is 0 Å². The van der Waals surface area contributed by atoms with Crippen LogP contribution in [-0.4, -0.2) is 21.3 Å². The summed E-state index contributed by atoms with van der Waals surface area (Å²) in [4.78, 5) is 0. The zero-order valence-corrected chi connectivity index (χ0v) is 12.4. The quantitative estimate of drug-likeness (QED) is 0.828. The monoisotopic (exact) mass is 289 g/mol. The molecule has 0 fully saturated rings. The molecular formula is C16H19NO4. The van der Waals surface area contributed by atoms with Crippen LogP contribution in [0, 0.1) is 0 Å². The minimum absolute atomic E-state index is 0.338. The molecule has 0 radical (unpaired) electrons. The molecule has 0 aliphatic carbocycles. The van der Waals surface area contributed by atoms with Gasteiger partial charge in [0.15, 0.2) is 0 Å². The second-order valence-corrected chi connectivity index (χ2v) is 4.41. The van der Waals surface area contributed by atoms with Gasteiger partial charge in [-0.1, -0.05) is 0 Å². The van der Waals surface area contributed by atoms with E-state index in [-0.39, 0.29) is 0 Å². The molecular weight excluding hydrogens is 270 g/mol. The molecule has 2 aromatic carbocycles. The van der Waals surface area contributed by atoms with Gasteiger partial charge in [0, 0.05) is 29.4 Å². The van der Waals surface area contributed by atoms with Crippen LogP contribution in [0.2, 0.25) is 0 Å². The minimum atomic E-state index is 0.338. The number of benzene rings is 2. The first kappa shape index (κ1) is 14.8. The van der Waals surface area contributed by atoms with Crippen molar-refractivity contribution >= 4 is 5.69 Å². The van der Waals surface area contributed by atoms with Crippen LogP contribution in [-0.2, 0) is 6.61 Å². The predicted octanol–water partition coefficient (Wildman–Crippen LogP) is 2.87. The van der Waals surface area contributed by atoms with Gasteiger partial charge in [-0.05, 0) is 18.2 Å². The van der Waals surface area contributed by atoms with Crippen LogP contribution in [0.5, 0.6) is 23.0 Å². The van der Waals surface area contributed by atoms with Crippen LogP contribution in [0.3, 0.4) is 0 Å². The molecule has 2 N–H and O–H groups in total. The van der Waals surface area contributed by atoms with E-state index in [0.717, 1.165) is 11.3 Å². The normalized spacial score (nSPS) is 10.0. The van der Waals surface area contributed by atoms with Crippen molar-refractivity contribution in [1.29, 1.82) is 0 Å². The summed E-state index contributed by atoms with van der Waals surface area (Å²) in [7, 11) is 4.81. The van der Waals surface area contributed by atoms with E-state index < -0.39 is 0 Å². The number of rotatable bonds is 6. The number of anilines is 1. The third-order valence-electron chi connectivity index (χ3n) is 3.02. The second kappa shape index (κ2) is 6.74. The zero-order valence-electron chi connectivity index (χ0n) is 12.4. The van der Waals surface area contributed by atoms with E-state index in [1.54, 1.807) is 45.6 Å². The van der Waals surface area contributed by atoms with Crippen LogP contribution >= 0.6 is 0 Å². The summed E-state index contributed by atoms with van der Waals surface area (Å²) in [6.07, 6.45) is 0. The first-order valence-electron chi connectivity index (χ1n) is 6.44. The highest BCUT2D eigenvalue weighted by atomic mass is 16.5. The molecule has 5 nitrogen and oxygen atoms in total. The molecule has 0 unspecified atom stereocenters. The molecule has 21 heavy (non-hydrogen) atoms. The summed E-state index contributed by atoms with van der Waals surface area (Å²) in [5.41, 5.74) is 7.33. The van der Waals surface area contributed by atoms with Gasteiger partial charge in [-0.2, -0.15) is 0 Å². The largest absolute Gasteiger partial charge is 0.496 e. The highest BCUT2D eigenvalue weighted by Gasteiger charge is 2.07. The number of ether oxygens (including phenoxy) is 4. The average molecular weight is 289 g/mol. The second-order valence-electron chi connectivity index (χ2n) is 4.41. The molecule has 0 aliphatic rings. The molecule has 0 saturated carbocycles. The number of hydrogen-bond donors (Lipinski definition) is 1. The van der Waals surface area contributed by atoms with Crippen molar-refractivity contribution in [2.45, 2.75) is 6.61 Å². The van der Waals surface area contributed by atoms with Gasteiger partial charge in [0.25, 0.3) is 0 Å². The first-order chi connectivity index (χ1) is 10.2. The van der Waals surface area contributed by atoms with Crippen LogP contribution < -0.4 is 24.7 Å². The zero-order chi connectivity index (χ0) is 15.2. The number of nitrogens with two attached hydrogens (primary N) is 1. The minimum Gasteiger partial charge on any atom is -0.496 e. The molecule has 0 heterocycles. The lowest BCUT2D eigenvalue weighted by molar-refractivity contribution is 0.292. The molecule has 0 saturated heterocycles. The van der Waals surface area contributed by atoms with Crippen LogP contribution in [0.15, 0.2) is 36.4 Å². The summed E-state index contributed by atoms with van der Waals surface area (Å²) in [5.74, 6) is 2.72. The summed E-state index contributed by atoms with van der Waals surface area (Å²) in [6, 6.07) is 10.8. The van der Waals surface area contributed by atoms with Gasteiger partial charge in [-0.3, -0.25) is 0 Å². The van der Waals surface area contributed by atoms with E-state index >= 15 is 0 Å². The molecule has 0 aliphatic heterocycles.